The molecule has 0 radical (unpaired) electrons. The van der Waals surface area contributed by atoms with E-state index in [2.05, 4.69) is 30.8 Å². The summed E-state index contributed by atoms with van der Waals surface area (Å²) in [5, 5.41) is 0. The van der Waals surface area contributed by atoms with Crippen molar-refractivity contribution in [2.24, 2.45) is 11.7 Å². The molecular weight excluding hydrogens is 198 g/mol. The Kier molecular flexibility index (Phi) is 3.57. The highest BCUT2D eigenvalue weighted by Crippen LogP contribution is 2.30. The van der Waals surface area contributed by atoms with Gasteiger partial charge in [0.05, 0.1) is 0 Å². The van der Waals surface area contributed by atoms with Crippen LogP contribution in [-0.2, 0) is 0 Å². The van der Waals surface area contributed by atoms with Gasteiger partial charge in [-0.3, -0.25) is 4.90 Å². The SMILES string of the molecule is CC1CN(CC2(N)CCCC2)CC1N(C)C. The summed E-state index contributed by atoms with van der Waals surface area (Å²) >= 11 is 0. The van der Waals surface area contributed by atoms with Crippen LogP contribution in [-0.4, -0.2) is 55.1 Å². The molecule has 3 heteroatoms. The van der Waals surface area contributed by atoms with Crippen LogP contribution in [0.1, 0.15) is 32.6 Å². The van der Waals surface area contributed by atoms with E-state index in [-0.39, 0.29) is 5.54 Å². The summed E-state index contributed by atoms with van der Waals surface area (Å²) in [7, 11) is 4.39. The molecule has 3 nitrogen and oxygen atoms in total. The first-order valence-corrected chi connectivity index (χ1v) is 6.68. The zero-order valence-electron chi connectivity index (χ0n) is 11.1. The van der Waals surface area contributed by atoms with E-state index < -0.39 is 0 Å². The molecule has 1 aliphatic heterocycles. The zero-order valence-corrected chi connectivity index (χ0v) is 11.1. The standard InChI is InChI=1S/C13H27N3/c1-11-8-16(9-12(11)15(2)3)10-13(14)6-4-5-7-13/h11-12H,4-10,14H2,1-3H3. The molecule has 2 unspecified atom stereocenters. The van der Waals surface area contributed by atoms with Gasteiger partial charge in [-0.15, -0.1) is 0 Å². The first-order chi connectivity index (χ1) is 7.50. The Morgan fingerprint density at radius 3 is 2.38 bits per heavy atom. The van der Waals surface area contributed by atoms with Gasteiger partial charge in [0.2, 0.25) is 0 Å². The fourth-order valence-electron chi connectivity index (χ4n) is 3.53. The third-order valence-corrected chi connectivity index (χ3v) is 4.45. The fraction of sp³-hybridized carbons (Fsp3) is 1.00. The lowest BCUT2D eigenvalue weighted by atomic mass is 9.99. The van der Waals surface area contributed by atoms with Crippen molar-refractivity contribution in [3.8, 4) is 0 Å². The highest BCUT2D eigenvalue weighted by atomic mass is 15.2. The Morgan fingerprint density at radius 1 is 1.25 bits per heavy atom. The Labute approximate surface area is 100.0 Å². The summed E-state index contributed by atoms with van der Waals surface area (Å²) in [6.45, 7) is 5.90. The van der Waals surface area contributed by atoms with Gasteiger partial charge in [-0.25, -0.2) is 0 Å². The normalized spacial score (nSPS) is 35.1. The van der Waals surface area contributed by atoms with Crippen LogP contribution >= 0.6 is 0 Å². The van der Waals surface area contributed by atoms with E-state index in [4.69, 9.17) is 5.73 Å². The van der Waals surface area contributed by atoms with Gasteiger partial charge in [-0.1, -0.05) is 19.8 Å². The monoisotopic (exact) mass is 225 g/mol. The maximum atomic E-state index is 6.45. The van der Waals surface area contributed by atoms with E-state index in [1.807, 2.05) is 0 Å². The minimum absolute atomic E-state index is 0.126. The number of likely N-dealkylation sites (tertiary alicyclic amines) is 1. The lowest BCUT2D eigenvalue weighted by Crippen LogP contribution is -2.48. The van der Waals surface area contributed by atoms with Crippen molar-refractivity contribution in [3.63, 3.8) is 0 Å². The molecular formula is C13H27N3. The summed E-state index contributed by atoms with van der Waals surface area (Å²) in [6.07, 6.45) is 5.11. The number of hydrogen-bond donors (Lipinski definition) is 1. The first kappa shape index (κ1) is 12.3. The van der Waals surface area contributed by atoms with E-state index in [0.717, 1.165) is 12.5 Å². The van der Waals surface area contributed by atoms with Crippen LogP contribution in [0.25, 0.3) is 0 Å². The van der Waals surface area contributed by atoms with Gasteiger partial charge < -0.3 is 10.6 Å². The molecule has 0 bridgehead atoms. The van der Waals surface area contributed by atoms with Gasteiger partial charge in [-0.05, 0) is 32.9 Å². The van der Waals surface area contributed by atoms with Gasteiger partial charge >= 0.3 is 0 Å². The second kappa shape index (κ2) is 4.63. The fourth-order valence-corrected chi connectivity index (χ4v) is 3.53. The molecule has 2 atom stereocenters. The van der Waals surface area contributed by atoms with Crippen LogP contribution in [0.3, 0.4) is 0 Å². The summed E-state index contributed by atoms with van der Waals surface area (Å²) in [5.74, 6) is 0.778. The molecule has 2 N–H and O–H groups in total. The van der Waals surface area contributed by atoms with Crippen molar-refractivity contribution in [2.75, 3.05) is 33.7 Å². The minimum Gasteiger partial charge on any atom is -0.324 e. The number of rotatable bonds is 3. The molecule has 16 heavy (non-hydrogen) atoms. The first-order valence-electron chi connectivity index (χ1n) is 6.68. The van der Waals surface area contributed by atoms with Crippen molar-refractivity contribution in [2.45, 2.75) is 44.2 Å². The van der Waals surface area contributed by atoms with Crippen molar-refractivity contribution in [1.82, 2.24) is 9.80 Å². The molecule has 0 amide bonds. The molecule has 2 fully saturated rings. The van der Waals surface area contributed by atoms with Crippen LogP contribution in [0, 0.1) is 5.92 Å². The lowest BCUT2D eigenvalue weighted by Gasteiger charge is -2.30. The lowest BCUT2D eigenvalue weighted by molar-refractivity contribution is 0.222. The van der Waals surface area contributed by atoms with E-state index in [0.29, 0.717) is 6.04 Å². The maximum Gasteiger partial charge on any atom is 0.0283 e. The predicted molar refractivity (Wildman–Crippen MR) is 68.5 cm³/mol. The zero-order chi connectivity index (χ0) is 11.8. The Morgan fingerprint density at radius 2 is 1.88 bits per heavy atom. The molecule has 0 aromatic carbocycles. The average Bonchev–Trinajstić information content (AvgIpc) is 2.73. The molecule has 1 saturated carbocycles. The smallest absolute Gasteiger partial charge is 0.0283 e. The Bertz CT molecular complexity index is 233. The summed E-state index contributed by atoms with van der Waals surface area (Å²) in [4.78, 5) is 4.95. The second-order valence-corrected chi connectivity index (χ2v) is 6.27. The molecule has 2 aliphatic rings. The minimum atomic E-state index is 0.126. The van der Waals surface area contributed by atoms with Crippen molar-refractivity contribution >= 4 is 0 Å². The van der Waals surface area contributed by atoms with Crippen LogP contribution < -0.4 is 5.73 Å². The van der Waals surface area contributed by atoms with Gasteiger partial charge in [-0.2, -0.15) is 0 Å². The molecule has 0 aromatic heterocycles. The molecule has 0 spiro atoms. The van der Waals surface area contributed by atoms with E-state index in [9.17, 15) is 0 Å². The molecule has 1 saturated heterocycles. The summed E-state index contributed by atoms with van der Waals surface area (Å²) < 4.78 is 0. The van der Waals surface area contributed by atoms with Crippen molar-refractivity contribution < 1.29 is 0 Å². The van der Waals surface area contributed by atoms with Crippen LogP contribution in [0.2, 0.25) is 0 Å². The molecule has 1 aliphatic carbocycles. The molecule has 2 rings (SSSR count). The number of nitrogens with two attached hydrogens (primary N) is 1. The van der Waals surface area contributed by atoms with E-state index >= 15 is 0 Å². The van der Waals surface area contributed by atoms with Crippen LogP contribution in [0.4, 0.5) is 0 Å². The highest BCUT2D eigenvalue weighted by Gasteiger charge is 2.37. The molecule has 1 heterocycles. The van der Waals surface area contributed by atoms with Gasteiger partial charge in [0.15, 0.2) is 0 Å². The summed E-state index contributed by atoms with van der Waals surface area (Å²) in [6, 6.07) is 0.713. The average molecular weight is 225 g/mol. The topological polar surface area (TPSA) is 32.5 Å². The quantitative estimate of drug-likeness (QED) is 0.782. The Hall–Kier alpha value is -0.120. The second-order valence-electron chi connectivity index (χ2n) is 6.27. The molecule has 0 aromatic rings. The van der Waals surface area contributed by atoms with Gasteiger partial charge in [0, 0.05) is 31.2 Å². The van der Waals surface area contributed by atoms with Crippen LogP contribution in [0.15, 0.2) is 0 Å². The Balaban J connectivity index is 1.88. The molecule has 94 valence electrons. The number of hydrogen-bond acceptors (Lipinski definition) is 3. The van der Waals surface area contributed by atoms with Crippen molar-refractivity contribution in [3.05, 3.63) is 0 Å². The summed E-state index contributed by atoms with van der Waals surface area (Å²) in [5.41, 5.74) is 6.58. The third kappa shape index (κ3) is 2.58. The van der Waals surface area contributed by atoms with E-state index in [1.165, 1.54) is 38.8 Å². The number of nitrogens with zero attached hydrogens (tertiary/aromatic N) is 2. The van der Waals surface area contributed by atoms with Crippen molar-refractivity contribution in [1.29, 1.82) is 0 Å². The van der Waals surface area contributed by atoms with E-state index in [1.54, 1.807) is 0 Å². The third-order valence-electron chi connectivity index (χ3n) is 4.45. The highest BCUT2D eigenvalue weighted by molar-refractivity contribution is 4.96. The largest absolute Gasteiger partial charge is 0.324 e. The van der Waals surface area contributed by atoms with Gasteiger partial charge in [0.25, 0.3) is 0 Å². The predicted octanol–water partition coefficient (Wildman–Crippen LogP) is 1.14. The van der Waals surface area contributed by atoms with Gasteiger partial charge in [0.1, 0.15) is 0 Å². The number of likely N-dealkylation sites (N-methyl/N-ethyl adjacent to an activating group) is 1. The maximum absolute atomic E-state index is 6.45. The van der Waals surface area contributed by atoms with Crippen LogP contribution in [0.5, 0.6) is 0 Å².